The standard InChI is InChI=1S/C32H39N2O5P/c1-21(2)32(6,7)39-40(36,37)29(27(22-15-9-8-10-16-22)34-30(35)38-31(3,4)5)33-28-25-19-13-11-17-23(25)24-18-12-14-20-26(24)28/h8-21,27,29H,1-7H3,(H,34,35)(H,36,37). The van der Waals surface area contributed by atoms with Gasteiger partial charge in [0.15, 0.2) is 5.78 Å². The zero-order valence-corrected chi connectivity index (χ0v) is 25.1. The molecule has 0 aromatic heterocycles. The maximum Gasteiger partial charge on any atom is 0.408 e. The number of benzene rings is 3. The van der Waals surface area contributed by atoms with Crippen molar-refractivity contribution in [2.75, 3.05) is 0 Å². The van der Waals surface area contributed by atoms with E-state index in [4.69, 9.17) is 14.3 Å². The topological polar surface area (TPSA) is 97.2 Å². The molecule has 1 aliphatic rings. The number of carbonyl (C=O) groups is 1. The fraction of sp³-hybridized carbons (Fsp3) is 0.375. The van der Waals surface area contributed by atoms with E-state index in [0.29, 0.717) is 11.3 Å². The lowest BCUT2D eigenvalue weighted by atomic mass is 9.95. The van der Waals surface area contributed by atoms with E-state index in [0.717, 1.165) is 22.3 Å². The molecule has 3 aromatic rings. The molecule has 0 saturated carbocycles. The van der Waals surface area contributed by atoms with Crippen molar-refractivity contribution in [1.82, 2.24) is 5.32 Å². The molecule has 3 aromatic carbocycles. The van der Waals surface area contributed by atoms with E-state index in [1.54, 1.807) is 46.8 Å². The zero-order valence-electron chi connectivity index (χ0n) is 24.2. The van der Waals surface area contributed by atoms with Crippen LogP contribution in [0.3, 0.4) is 0 Å². The summed E-state index contributed by atoms with van der Waals surface area (Å²) >= 11 is 0. The third kappa shape index (κ3) is 6.55. The molecule has 0 bridgehead atoms. The number of nitrogens with zero attached hydrogens (tertiary/aromatic N) is 1. The summed E-state index contributed by atoms with van der Waals surface area (Å²) in [5.41, 5.74) is 3.13. The van der Waals surface area contributed by atoms with Crippen LogP contribution in [0, 0.1) is 5.92 Å². The van der Waals surface area contributed by atoms with Gasteiger partial charge in [0.05, 0.1) is 17.4 Å². The summed E-state index contributed by atoms with van der Waals surface area (Å²) in [6.45, 7) is 12.7. The Labute approximate surface area is 237 Å². The largest absolute Gasteiger partial charge is 0.444 e. The summed E-state index contributed by atoms with van der Waals surface area (Å²) in [7, 11) is -4.54. The normalized spacial score (nSPS) is 16.0. The van der Waals surface area contributed by atoms with Gasteiger partial charge in [-0.25, -0.2) is 4.79 Å². The molecule has 40 heavy (non-hydrogen) atoms. The highest BCUT2D eigenvalue weighted by molar-refractivity contribution is 7.53. The highest BCUT2D eigenvalue weighted by Crippen LogP contribution is 2.57. The average molecular weight is 563 g/mol. The second-order valence-corrected chi connectivity index (χ2v) is 13.8. The first kappa shape index (κ1) is 29.7. The number of carbonyl (C=O) groups excluding carboxylic acids is 1. The number of fused-ring (bicyclic) bond motifs is 3. The third-order valence-electron chi connectivity index (χ3n) is 7.14. The van der Waals surface area contributed by atoms with E-state index < -0.39 is 36.7 Å². The number of ether oxygens (including phenoxy) is 1. The minimum Gasteiger partial charge on any atom is -0.444 e. The Hall–Kier alpha value is -3.25. The molecule has 0 aliphatic heterocycles. The van der Waals surface area contributed by atoms with E-state index in [-0.39, 0.29) is 5.92 Å². The maximum absolute atomic E-state index is 14.4. The highest BCUT2D eigenvalue weighted by atomic mass is 31.2. The summed E-state index contributed by atoms with van der Waals surface area (Å²) in [5, 5.41) is 2.85. The summed E-state index contributed by atoms with van der Waals surface area (Å²) in [6.07, 6.45) is -0.720. The first-order valence-corrected chi connectivity index (χ1v) is 15.2. The second kappa shape index (κ2) is 11.3. The van der Waals surface area contributed by atoms with Gasteiger partial charge < -0.3 is 19.5 Å². The van der Waals surface area contributed by atoms with Gasteiger partial charge >= 0.3 is 13.7 Å². The molecule has 0 radical (unpaired) electrons. The van der Waals surface area contributed by atoms with E-state index in [9.17, 15) is 14.3 Å². The number of aliphatic imine (C=N–C) groups is 1. The Morgan fingerprint density at radius 3 is 1.77 bits per heavy atom. The minimum absolute atomic E-state index is 0.0665. The summed E-state index contributed by atoms with van der Waals surface area (Å²) in [4.78, 5) is 29.8. The van der Waals surface area contributed by atoms with Crippen LogP contribution in [0.25, 0.3) is 11.1 Å². The van der Waals surface area contributed by atoms with Crippen LogP contribution in [0.15, 0.2) is 83.9 Å². The number of alkyl carbamates (subject to hydrolysis) is 1. The lowest BCUT2D eigenvalue weighted by molar-refractivity contribution is 0.0418. The molecule has 0 spiro atoms. The van der Waals surface area contributed by atoms with Gasteiger partial charge in [0.1, 0.15) is 5.60 Å². The molecule has 7 nitrogen and oxygen atoms in total. The van der Waals surface area contributed by atoms with Crippen LogP contribution in [-0.2, 0) is 13.8 Å². The van der Waals surface area contributed by atoms with Crippen molar-refractivity contribution in [2.24, 2.45) is 10.9 Å². The van der Waals surface area contributed by atoms with Gasteiger partial charge in [0.2, 0.25) is 0 Å². The van der Waals surface area contributed by atoms with Crippen molar-refractivity contribution in [3.8, 4) is 11.1 Å². The molecular weight excluding hydrogens is 523 g/mol. The number of nitrogens with one attached hydrogen (secondary N) is 1. The van der Waals surface area contributed by atoms with Crippen molar-refractivity contribution < 1.29 is 23.5 Å². The van der Waals surface area contributed by atoms with Crippen LogP contribution in [-0.4, -0.2) is 33.7 Å². The van der Waals surface area contributed by atoms with Crippen LogP contribution in [0.4, 0.5) is 4.79 Å². The maximum atomic E-state index is 14.4. The molecule has 3 atom stereocenters. The van der Waals surface area contributed by atoms with E-state index in [2.05, 4.69) is 5.32 Å². The molecule has 0 heterocycles. The predicted molar refractivity (Wildman–Crippen MR) is 160 cm³/mol. The summed E-state index contributed by atoms with van der Waals surface area (Å²) < 4.78 is 26.0. The second-order valence-electron chi connectivity index (χ2n) is 11.9. The minimum atomic E-state index is -4.54. The Balaban J connectivity index is 1.93. The number of rotatable bonds is 8. The van der Waals surface area contributed by atoms with Crippen LogP contribution < -0.4 is 5.32 Å². The van der Waals surface area contributed by atoms with Gasteiger partial charge in [0, 0.05) is 11.1 Å². The first-order valence-electron chi connectivity index (χ1n) is 13.5. The van der Waals surface area contributed by atoms with Crippen molar-refractivity contribution >= 4 is 19.4 Å². The SMILES string of the molecule is CC(C)C(C)(C)OP(=O)(O)C(N=C1c2ccccc2-c2ccccc21)C(NC(=O)OC(C)(C)C)c1ccccc1. The molecule has 8 heteroatoms. The fourth-order valence-corrected chi connectivity index (χ4v) is 6.40. The lowest BCUT2D eigenvalue weighted by Crippen LogP contribution is -2.41. The molecule has 4 rings (SSSR count). The van der Waals surface area contributed by atoms with Gasteiger partial charge in [0.25, 0.3) is 0 Å². The zero-order chi connectivity index (χ0) is 29.3. The van der Waals surface area contributed by atoms with Gasteiger partial charge in [-0.2, -0.15) is 0 Å². The van der Waals surface area contributed by atoms with Crippen LogP contribution >= 0.6 is 7.60 Å². The highest BCUT2D eigenvalue weighted by Gasteiger charge is 2.46. The quantitative estimate of drug-likeness (QED) is 0.214. The smallest absolute Gasteiger partial charge is 0.408 e. The van der Waals surface area contributed by atoms with E-state index in [1.165, 1.54) is 0 Å². The summed E-state index contributed by atoms with van der Waals surface area (Å²) in [5.74, 6) is -1.45. The number of hydrogen-bond donors (Lipinski definition) is 2. The Morgan fingerprint density at radius 2 is 1.30 bits per heavy atom. The monoisotopic (exact) mass is 562 g/mol. The van der Waals surface area contributed by atoms with Gasteiger partial charge in [-0.05, 0) is 57.2 Å². The molecule has 0 saturated heterocycles. The third-order valence-corrected chi connectivity index (χ3v) is 8.95. The van der Waals surface area contributed by atoms with Gasteiger partial charge in [-0.15, -0.1) is 0 Å². The molecule has 2 N–H and O–H groups in total. The Bertz CT molecular complexity index is 1400. The fourth-order valence-electron chi connectivity index (χ4n) is 4.52. The molecule has 212 valence electrons. The van der Waals surface area contributed by atoms with Crippen LogP contribution in [0.1, 0.15) is 71.2 Å². The van der Waals surface area contributed by atoms with Gasteiger partial charge in [-0.1, -0.05) is 92.7 Å². The van der Waals surface area contributed by atoms with Crippen LogP contribution in [0.5, 0.6) is 0 Å². The average Bonchev–Trinajstić information content (AvgIpc) is 3.18. The van der Waals surface area contributed by atoms with E-state index >= 15 is 0 Å². The predicted octanol–water partition coefficient (Wildman–Crippen LogP) is 7.73. The summed E-state index contributed by atoms with van der Waals surface area (Å²) in [6, 6.07) is 23.7. The molecular formula is C32H39N2O5P. The molecule has 1 aliphatic carbocycles. The molecule has 0 fully saturated rings. The van der Waals surface area contributed by atoms with Crippen molar-refractivity contribution in [3.05, 3.63) is 95.6 Å². The molecule has 1 amide bonds. The Morgan fingerprint density at radius 1 is 0.825 bits per heavy atom. The van der Waals surface area contributed by atoms with Crippen molar-refractivity contribution in [3.63, 3.8) is 0 Å². The Kier molecular flexibility index (Phi) is 8.41. The first-order chi connectivity index (χ1) is 18.7. The van der Waals surface area contributed by atoms with E-state index in [1.807, 2.05) is 80.6 Å². The number of amides is 1. The van der Waals surface area contributed by atoms with Crippen molar-refractivity contribution in [1.29, 1.82) is 0 Å². The molecule has 3 unspecified atom stereocenters. The van der Waals surface area contributed by atoms with Gasteiger partial charge in [-0.3, -0.25) is 9.56 Å². The van der Waals surface area contributed by atoms with Crippen molar-refractivity contribution in [2.45, 2.75) is 71.5 Å². The van der Waals surface area contributed by atoms with Crippen LogP contribution in [0.2, 0.25) is 0 Å². The number of hydrogen-bond acceptors (Lipinski definition) is 5. The lowest BCUT2D eigenvalue weighted by Gasteiger charge is -2.36.